The molecule has 2 aromatic rings. The summed E-state index contributed by atoms with van der Waals surface area (Å²) in [5.74, 6) is 0.0127. The van der Waals surface area contributed by atoms with Gasteiger partial charge in [0.05, 0.1) is 22.0 Å². The minimum Gasteiger partial charge on any atom is -0.486 e. The fourth-order valence-electron chi connectivity index (χ4n) is 4.00. The molecular weight excluding hydrogens is 553 g/mol. The van der Waals surface area contributed by atoms with Gasteiger partial charge in [0.25, 0.3) is 0 Å². The normalized spacial score (nSPS) is 14.4. The third-order valence-electron chi connectivity index (χ3n) is 6.22. The van der Waals surface area contributed by atoms with Crippen molar-refractivity contribution >= 4 is 50.7 Å². The summed E-state index contributed by atoms with van der Waals surface area (Å²) in [4.78, 5) is 28.4. The molecule has 0 spiro atoms. The molecule has 9 nitrogen and oxygen atoms in total. The van der Waals surface area contributed by atoms with Crippen LogP contribution in [0.5, 0.6) is 11.5 Å². The first-order valence-corrected chi connectivity index (χ1v) is 15.0. The van der Waals surface area contributed by atoms with E-state index in [2.05, 4.69) is 5.32 Å². The zero-order valence-electron chi connectivity index (χ0n) is 21.9. The summed E-state index contributed by atoms with van der Waals surface area (Å²) in [6, 6.07) is 8.70. The van der Waals surface area contributed by atoms with Crippen molar-refractivity contribution in [1.82, 2.24) is 10.2 Å². The lowest BCUT2D eigenvalue weighted by molar-refractivity contribution is -0.140. The molecule has 0 radical (unpaired) electrons. The zero-order chi connectivity index (χ0) is 28.0. The van der Waals surface area contributed by atoms with Gasteiger partial charge in [0.2, 0.25) is 21.8 Å². The van der Waals surface area contributed by atoms with Crippen LogP contribution in [0.2, 0.25) is 10.0 Å². The second-order valence-corrected chi connectivity index (χ2v) is 11.8. The molecule has 2 aromatic carbocycles. The highest BCUT2D eigenvalue weighted by molar-refractivity contribution is 7.92. The molecule has 0 fully saturated rings. The molecule has 1 heterocycles. The van der Waals surface area contributed by atoms with E-state index < -0.39 is 28.5 Å². The first-order chi connectivity index (χ1) is 17.9. The third-order valence-corrected chi connectivity index (χ3v) is 8.10. The Hall–Kier alpha value is -2.69. The van der Waals surface area contributed by atoms with E-state index in [0.717, 1.165) is 17.0 Å². The first kappa shape index (κ1) is 29.9. The molecule has 12 heteroatoms. The number of ether oxygens (including phenoxy) is 2. The first-order valence-electron chi connectivity index (χ1n) is 12.4. The van der Waals surface area contributed by atoms with Gasteiger partial charge in [0.15, 0.2) is 11.5 Å². The SMILES string of the molecule is CC[C@@H](C)NC(=O)[C@@H](CC)N(Cc1ccc(Cl)c(Cl)c1)C(=O)CN(c1ccc2c(c1)OCCO2)S(C)(=O)=O. The van der Waals surface area contributed by atoms with Gasteiger partial charge < -0.3 is 19.7 Å². The maximum Gasteiger partial charge on any atom is 0.244 e. The summed E-state index contributed by atoms with van der Waals surface area (Å²) in [7, 11) is -3.88. The number of fused-ring (bicyclic) bond motifs is 1. The van der Waals surface area contributed by atoms with Crippen molar-refractivity contribution in [3.8, 4) is 11.5 Å². The molecule has 0 aliphatic carbocycles. The molecule has 208 valence electrons. The van der Waals surface area contributed by atoms with Gasteiger partial charge in [-0.1, -0.05) is 43.1 Å². The largest absolute Gasteiger partial charge is 0.486 e. The Kier molecular flexibility index (Phi) is 10.1. The maximum atomic E-state index is 13.8. The Bertz CT molecular complexity index is 1270. The molecule has 0 bridgehead atoms. The number of nitrogens with one attached hydrogen (secondary N) is 1. The number of amides is 2. The lowest BCUT2D eigenvalue weighted by atomic mass is 10.1. The number of benzene rings is 2. The van der Waals surface area contributed by atoms with Gasteiger partial charge in [-0.05, 0) is 49.6 Å². The monoisotopic (exact) mass is 585 g/mol. The number of sulfonamides is 1. The highest BCUT2D eigenvalue weighted by Gasteiger charge is 2.32. The topological polar surface area (TPSA) is 105 Å². The van der Waals surface area contributed by atoms with E-state index in [1.165, 1.54) is 11.0 Å². The smallest absolute Gasteiger partial charge is 0.244 e. The van der Waals surface area contributed by atoms with Crippen LogP contribution in [-0.2, 0) is 26.2 Å². The van der Waals surface area contributed by atoms with Gasteiger partial charge in [0, 0.05) is 18.7 Å². The van der Waals surface area contributed by atoms with Crippen LogP contribution >= 0.6 is 23.2 Å². The Morgan fingerprint density at radius 1 is 1.00 bits per heavy atom. The lowest BCUT2D eigenvalue weighted by Gasteiger charge is -2.33. The number of carbonyl (C=O) groups is 2. The predicted molar refractivity (Wildman–Crippen MR) is 149 cm³/mol. The summed E-state index contributed by atoms with van der Waals surface area (Å²) < 4.78 is 37.8. The quantitative estimate of drug-likeness (QED) is 0.422. The zero-order valence-corrected chi connectivity index (χ0v) is 24.2. The van der Waals surface area contributed by atoms with Gasteiger partial charge in [-0.25, -0.2) is 8.42 Å². The minimum absolute atomic E-state index is 0.0287. The standard InChI is InChI=1S/C26H33Cl2N3O6S/c1-5-17(3)29-26(33)22(6-2)30(15-18-7-9-20(27)21(28)13-18)25(32)16-31(38(4,34)35)19-8-10-23-24(14-19)37-12-11-36-23/h7-10,13-14,17,22H,5-6,11-12,15-16H2,1-4H3,(H,29,33)/t17-,22-/m1/s1. The van der Waals surface area contributed by atoms with Crippen LogP contribution in [0.4, 0.5) is 5.69 Å². The number of anilines is 1. The van der Waals surface area contributed by atoms with Gasteiger partial charge in [0.1, 0.15) is 25.8 Å². The van der Waals surface area contributed by atoms with Gasteiger partial charge in [-0.2, -0.15) is 0 Å². The fourth-order valence-corrected chi connectivity index (χ4v) is 5.16. The number of nitrogens with zero attached hydrogens (tertiary/aromatic N) is 2. The second-order valence-electron chi connectivity index (χ2n) is 9.11. The van der Waals surface area contributed by atoms with E-state index >= 15 is 0 Å². The summed E-state index contributed by atoms with van der Waals surface area (Å²) in [6.45, 7) is 5.85. The molecule has 0 saturated carbocycles. The number of rotatable bonds is 11. The van der Waals surface area contributed by atoms with E-state index in [4.69, 9.17) is 32.7 Å². The lowest BCUT2D eigenvalue weighted by Crippen LogP contribution is -2.53. The van der Waals surface area contributed by atoms with Crippen molar-refractivity contribution < 1.29 is 27.5 Å². The van der Waals surface area contributed by atoms with Crippen LogP contribution in [0.25, 0.3) is 0 Å². The van der Waals surface area contributed by atoms with E-state index in [0.29, 0.717) is 46.7 Å². The summed E-state index contributed by atoms with van der Waals surface area (Å²) in [5, 5.41) is 3.60. The van der Waals surface area contributed by atoms with Crippen molar-refractivity contribution in [2.24, 2.45) is 0 Å². The Labute approximate surface area is 234 Å². The van der Waals surface area contributed by atoms with Crippen LogP contribution in [0.1, 0.15) is 39.2 Å². The average Bonchev–Trinajstić information content (AvgIpc) is 2.88. The Morgan fingerprint density at radius 3 is 2.29 bits per heavy atom. The van der Waals surface area contributed by atoms with E-state index in [-0.39, 0.29) is 24.2 Å². The van der Waals surface area contributed by atoms with E-state index in [1.807, 2.05) is 13.8 Å². The average molecular weight is 587 g/mol. The molecule has 1 N–H and O–H groups in total. The summed E-state index contributed by atoms with van der Waals surface area (Å²) in [5.41, 5.74) is 0.893. The van der Waals surface area contributed by atoms with Gasteiger partial charge in [-0.15, -0.1) is 0 Å². The summed E-state index contributed by atoms with van der Waals surface area (Å²) >= 11 is 12.3. The molecule has 0 unspecified atom stereocenters. The number of halogens is 2. The van der Waals surface area contributed by atoms with Gasteiger partial charge in [-0.3, -0.25) is 13.9 Å². The third kappa shape index (κ3) is 7.45. The highest BCUT2D eigenvalue weighted by Crippen LogP contribution is 2.35. The molecule has 38 heavy (non-hydrogen) atoms. The minimum atomic E-state index is -3.88. The van der Waals surface area contributed by atoms with E-state index in [1.54, 1.807) is 37.3 Å². The molecule has 1 aliphatic rings. The van der Waals surface area contributed by atoms with Crippen molar-refractivity contribution in [1.29, 1.82) is 0 Å². The van der Waals surface area contributed by atoms with Crippen LogP contribution in [-0.4, -0.2) is 63.2 Å². The number of hydrogen-bond donors (Lipinski definition) is 1. The fraction of sp³-hybridized carbons (Fsp3) is 0.462. The van der Waals surface area contributed by atoms with E-state index in [9.17, 15) is 18.0 Å². The predicted octanol–water partition coefficient (Wildman–Crippen LogP) is 4.25. The van der Waals surface area contributed by atoms with Crippen molar-refractivity contribution in [3.05, 3.63) is 52.0 Å². The molecule has 1 aliphatic heterocycles. The van der Waals surface area contributed by atoms with Crippen LogP contribution in [0.15, 0.2) is 36.4 Å². The van der Waals surface area contributed by atoms with Crippen molar-refractivity contribution in [2.45, 2.75) is 52.2 Å². The second kappa shape index (κ2) is 12.9. The molecule has 3 rings (SSSR count). The van der Waals surface area contributed by atoms with Crippen molar-refractivity contribution in [2.75, 3.05) is 30.3 Å². The molecular formula is C26H33Cl2N3O6S. The van der Waals surface area contributed by atoms with Crippen LogP contribution in [0, 0.1) is 0 Å². The molecule has 0 aromatic heterocycles. The Balaban J connectivity index is 1.97. The summed E-state index contributed by atoms with van der Waals surface area (Å²) in [6.07, 6.45) is 2.06. The maximum absolute atomic E-state index is 13.8. The van der Waals surface area contributed by atoms with Crippen LogP contribution < -0.4 is 19.1 Å². The van der Waals surface area contributed by atoms with Gasteiger partial charge >= 0.3 is 0 Å². The van der Waals surface area contributed by atoms with Crippen molar-refractivity contribution in [3.63, 3.8) is 0 Å². The number of carbonyl (C=O) groups excluding carboxylic acids is 2. The number of hydrogen-bond acceptors (Lipinski definition) is 6. The Morgan fingerprint density at radius 2 is 1.68 bits per heavy atom. The molecule has 0 saturated heterocycles. The van der Waals surface area contributed by atoms with Crippen LogP contribution in [0.3, 0.4) is 0 Å². The molecule has 2 atom stereocenters. The molecule has 2 amide bonds. The highest BCUT2D eigenvalue weighted by atomic mass is 35.5.